The maximum absolute atomic E-state index is 11.6. The highest BCUT2D eigenvalue weighted by Crippen LogP contribution is 2.18. The molecule has 17 heavy (non-hydrogen) atoms. The van der Waals surface area contributed by atoms with Gasteiger partial charge in [0.05, 0.1) is 6.42 Å². The van der Waals surface area contributed by atoms with Gasteiger partial charge in [-0.1, -0.05) is 6.07 Å². The summed E-state index contributed by atoms with van der Waals surface area (Å²) in [5.41, 5.74) is 0.820. The summed E-state index contributed by atoms with van der Waals surface area (Å²) in [5.74, 6) is 0.0510. The average Bonchev–Trinajstić information content (AvgIpc) is 3.14. The summed E-state index contributed by atoms with van der Waals surface area (Å²) >= 11 is 0. The Bertz CT molecular complexity index is 349. The molecule has 0 atom stereocenters. The van der Waals surface area contributed by atoms with Crippen molar-refractivity contribution in [2.24, 2.45) is 0 Å². The molecule has 1 heterocycles. The largest absolute Gasteiger partial charge is 0.356 e. The Labute approximate surface area is 102 Å². The molecular weight excluding hydrogens is 214 g/mol. The van der Waals surface area contributed by atoms with E-state index in [4.69, 9.17) is 0 Å². The van der Waals surface area contributed by atoms with Gasteiger partial charge in [0.1, 0.15) is 0 Å². The fraction of sp³-hybridized carbons (Fsp3) is 0.538. The summed E-state index contributed by atoms with van der Waals surface area (Å²) in [6.07, 6.45) is 5.70. The summed E-state index contributed by atoms with van der Waals surface area (Å²) in [4.78, 5) is 15.7. The van der Waals surface area contributed by atoms with Gasteiger partial charge in [-0.25, -0.2) is 0 Å². The molecule has 1 aromatic heterocycles. The minimum atomic E-state index is 0.0510. The van der Waals surface area contributed by atoms with Crippen LogP contribution in [0.5, 0.6) is 0 Å². The third kappa shape index (κ3) is 4.95. The van der Waals surface area contributed by atoms with E-state index in [0.717, 1.165) is 31.2 Å². The van der Waals surface area contributed by atoms with Crippen LogP contribution in [0, 0.1) is 0 Å². The third-order valence-corrected chi connectivity index (χ3v) is 2.75. The van der Waals surface area contributed by atoms with Crippen LogP contribution in [-0.4, -0.2) is 30.0 Å². The fourth-order valence-electron chi connectivity index (χ4n) is 1.64. The minimum absolute atomic E-state index is 0.0510. The molecule has 0 aliphatic heterocycles. The number of aromatic nitrogens is 1. The van der Waals surface area contributed by atoms with E-state index in [9.17, 15) is 4.79 Å². The van der Waals surface area contributed by atoms with Crippen LogP contribution >= 0.6 is 0 Å². The molecule has 2 N–H and O–H groups in total. The Morgan fingerprint density at radius 1 is 1.35 bits per heavy atom. The molecule has 1 aromatic rings. The summed E-state index contributed by atoms with van der Waals surface area (Å²) in [5, 5.41) is 6.32. The van der Waals surface area contributed by atoms with Gasteiger partial charge >= 0.3 is 0 Å². The molecule has 1 saturated carbocycles. The van der Waals surface area contributed by atoms with Gasteiger partial charge in [0.2, 0.25) is 5.91 Å². The van der Waals surface area contributed by atoms with Gasteiger partial charge < -0.3 is 10.6 Å². The van der Waals surface area contributed by atoms with E-state index >= 15 is 0 Å². The van der Waals surface area contributed by atoms with E-state index in [1.54, 1.807) is 6.20 Å². The molecule has 0 bridgehead atoms. The lowest BCUT2D eigenvalue weighted by Gasteiger charge is -2.05. The van der Waals surface area contributed by atoms with Crippen LogP contribution in [0.4, 0.5) is 0 Å². The van der Waals surface area contributed by atoms with Crippen molar-refractivity contribution in [2.75, 3.05) is 13.1 Å². The first-order valence-electron chi connectivity index (χ1n) is 6.24. The van der Waals surface area contributed by atoms with Gasteiger partial charge in [0, 0.05) is 24.5 Å². The molecule has 1 fully saturated rings. The lowest BCUT2D eigenvalue weighted by molar-refractivity contribution is -0.120. The number of nitrogens with one attached hydrogen (secondary N) is 2. The summed E-state index contributed by atoms with van der Waals surface area (Å²) < 4.78 is 0. The third-order valence-electron chi connectivity index (χ3n) is 2.75. The quantitative estimate of drug-likeness (QED) is 0.687. The van der Waals surface area contributed by atoms with E-state index in [1.165, 1.54) is 12.8 Å². The van der Waals surface area contributed by atoms with Gasteiger partial charge in [-0.15, -0.1) is 0 Å². The van der Waals surface area contributed by atoms with Crippen LogP contribution in [0.1, 0.15) is 25.0 Å². The molecule has 1 aliphatic carbocycles. The number of rotatable bonds is 7. The maximum Gasteiger partial charge on any atom is 0.226 e. The van der Waals surface area contributed by atoms with Gasteiger partial charge in [0.25, 0.3) is 0 Å². The number of carbonyl (C=O) groups is 1. The monoisotopic (exact) mass is 233 g/mol. The number of hydrogen-bond donors (Lipinski definition) is 2. The summed E-state index contributed by atoms with van der Waals surface area (Å²) in [6, 6.07) is 6.37. The number of nitrogens with zero attached hydrogens (tertiary/aromatic N) is 1. The van der Waals surface area contributed by atoms with Crippen molar-refractivity contribution < 1.29 is 4.79 Å². The maximum atomic E-state index is 11.6. The summed E-state index contributed by atoms with van der Waals surface area (Å²) in [6.45, 7) is 1.74. The molecule has 4 nitrogen and oxygen atoms in total. The molecule has 1 aliphatic rings. The normalized spacial score (nSPS) is 14.6. The van der Waals surface area contributed by atoms with Gasteiger partial charge in [-0.2, -0.15) is 0 Å². The van der Waals surface area contributed by atoms with E-state index in [2.05, 4.69) is 15.6 Å². The zero-order chi connectivity index (χ0) is 11.9. The SMILES string of the molecule is O=C(Cc1ccccn1)NCCCNC1CC1. The zero-order valence-corrected chi connectivity index (χ0v) is 9.98. The first kappa shape index (κ1) is 12.0. The Balaban J connectivity index is 1.54. The standard InChI is InChI=1S/C13H19N3O/c17-13(10-12-4-1-2-7-15-12)16-9-3-8-14-11-5-6-11/h1-2,4,7,11,14H,3,5-6,8-10H2,(H,16,17). The highest BCUT2D eigenvalue weighted by Gasteiger charge is 2.19. The van der Waals surface area contributed by atoms with E-state index < -0.39 is 0 Å². The van der Waals surface area contributed by atoms with Crippen LogP contribution in [-0.2, 0) is 11.2 Å². The van der Waals surface area contributed by atoms with Crippen molar-refractivity contribution in [1.82, 2.24) is 15.6 Å². The Hall–Kier alpha value is -1.42. The lowest BCUT2D eigenvalue weighted by atomic mass is 10.2. The topological polar surface area (TPSA) is 54.0 Å². The van der Waals surface area contributed by atoms with Crippen molar-refractivity contribution in [1.29, 1.82) is 0 Å². The van der Waals surface area contributed by atoms with Gasteiger partial charge in [-0.3, -0.25) is 9.78 Å². The van der Waals surface area contributed by atoms with E-state index in [0.29, 0.717) is 6.42 Å². The van der Waals surface area contributed by atoms with Crippen molar-refractivity contribution in [3.63, 3.8) is 0 Å². The first-order valence-corrected chi connectivity index (χ1v) is 6.24. The smallest absolute Gasteiger partial charge is 0.226 e. The molecule has 0 radical (unpaired) electrons. The Morgan fingerprint density at radius 2 is 2.24 bits per heavy atom. The van der Waals surface area contributed by atoms with Crippen LogP contribution in [0.2, 0.25) is 0 Å². The predicted octanol–water partition coefficient (Wildman–Crippen LogP) is 0.882. The summed E-state index contributed by atoms with van der Waals surface area (Å²) in [7, 11) is 0. The van der Waals surface area contributed by atoms with Crippen molar-refractivity contribution in [3.8, 4) is 0 Å². The molecular formula is C13H19N3O. The van der Waals surface area contributed by atoms with Crippen LogP contribution < -0.4 is 10.6 Å². The fourth-order valence-corrected chi connectivity index (χ4v) is 1.64. The van der Waals surface area contributed by atoms with Gasteiger partial charge in [-0.05, 0) is 37.9 Å². The van der Waals surface area contributed by atoms with Crippen molar-refractivity contribution >= 4 is 5.91 Å². The molecule has 0 saturated heterocycles. The Kier molecular flexibility index (Phi) is 4.50. The second-order valence-electron chi connectivity index (χ2n) is 4.43. The molecule has 4 heteroatoms. The number of hydrogen-bond acceptors (Lipinski definition) is 3. The van der Waals surface area contributed by atoms with Crippen LogP contribution in [0.15, 0.2) is 24.4 Å². The molecule has 0 aromatic carbocycles. The van der Waals surface area contributed by atoms with Crippen LogP contribution in [0.25, 0.3) is 0 Å². The number of carbonyl (C=O) groups excluding carboxylic acids is 1. The van der Waals surface area contributed by atoms with Gasteiger partial charge in [0.15, 0.2) is 0 Å². The van der Waals surface area contributed by atoms with Crippen LogP contribution in [0.3, 0.4) is 0 Å². The molecule has 0 spiro atoms. The van der Waals surface area contributed by atoms with Crippen molar-refractivity contribution in [2.45, 2.75) is 31.7 Å². The average molecular weight is 233 g/mol. The second kappa shape index (κ2) is 6.35. The first-order chi connectivity index (χ1) is 8.34. The minimum Gasteiger partial charge on any atom is -0.356 e. The molecule has 1 amide bonds. The second-order valence-corrected chi connectivity index (χ2v) is 4.43. The zero-order valence-electron chi connectivity index (χ0n) is 9.98. The number of pyridine rings is 1. The highest BCUT2D eigenvalue weighted by molar-refractivity contribution is 5.77. The highest BCUT2D eigenvalue weighted by atomic mass is 16.1. The van der Waals surface area contributed by atoms with Crippen molar-refractivity contribution in [3.05, 3.63) is 30.1 Å². The molecule has 92 valence electrons. The molecule has 2 rings (SSSR count). The van der Waals surface area contributed by atoms with E-state index in [1.807, 2.05) is 18.2 Å². The Morgan fingerprint density at radius 3 is 2.94 bits per heavy atom. The van der Waals surface area contributed by atoms with E-state index in [-0.39, 0.29) is 5.91 Å². The number of amides is 1. The predicted molar refractivity (Wildman–Crippen MR) is 66.6 cm³/mol. The lowest BCUT2D eigenvalue weighted by Crippen LogP contribution is -2.29. The molecule has 0 unspecified atom stereocenters.